The third-order valence-electron chi connectivity index (χ3n) is 5.01. The molecule has 2 atom stereocenters. The highest BCUT2D eigenvalue weighted by atomic mass is 16.5. The van der Waals surface area contributed by atoms with E-state index in [1.807, 2.05) is 6.92 Å². The maximum absolute atomic E-state index is 12.5. The summed E-state index contributed by atoms with van der Waals surface area (Å²) < 4.78 is 5.40. The fourth-order valence-electron chi connectivity index (χ4n) is 3.79. The summed E-state index contributed by atoms with van der Waals surface area (Å²) in [6, 6.07) is 0.513. The molecular weight excluding hydrogens is 238 g/mol. The first kappa shape index (κ1) is 14.8. The average molecular weight is 267 g/mol. The minimum absolute atomic E-state index is 0.00669. The van der Waals surface area contributed by atoms with E-state index in [2.05, 4.69) is 12.2 Å². The van der Waals surface area contributed by atoms with Gasteiger partial charge >= 0.3 is 5.97 Å². The van der Waals surface area contributed by atoms with Gasteiger partial charge in [0.1, 0.15) is 5.54 Å². The van der Waals surface area contributed by atoms with Crippen molar-refractivity contribution in [1.82, 2.24) is 5.32 Å². The van der Waals surface area contributed by atoms with Crippen molar-refractivity contribution in [2.24, 2.45) is 5.92 Å². The van der Waals surface area contributed by atoms with Crippen LogP contribution < -0.4 is 5.32 Å². The molecule has 0 aromatic carbocycles. The van der Waals surface area contributed by atoms with Crippen LogP contribution in [0.2, 0.25) is 0 Å². The van der Waals surface area contributed by atoms with Crippen LogP contribution in [0.5, 0.6) is 0 Å². The number of carbonyl (C=O) groups excluding carboxylic acids is 1. The van der Waals surface area contributed by atoms with Gasteiger partial charge in [-0.05, 0) is 38.5 Å². The number of esters is 1. The zero-order valence-corrected chi connectivity index (χ0v) is 12.5. The van der Waals surface area contributed by atoms with E-state index in [1.165, 1.54) is 38.5 Å². The second-order valence-corrected chi connectivity index (χ2v) is 6.32. The van der Waals surface area contributed by atoms with E-state index >= 15 is 0 Å². The van der Waals surface area contributed by atoms with Gasteiger partial charge in [0.15, 0.2) is 0 Å². The van der Waals surface area contributed by atoms with Crippen LogP contribution in [0.25, 0.3) is 0 Å². The Morgan fingerprint density at radius 2 is 1.84 bits per heavy atom. The minimum Gasteiger partial charge on any atom is -0.465 e. The van der Waals surface area contributed by atoms with E-state index in [0.717, 1.165) is 19.3 Å². The largest absolute Gasteiger partial charge is 0.465 e. The fourth-order valence-corrected chi connectivity index (χ4v) is 3.79. The summed E-state index contributed by atoms with van der Waals surface area (Å²) in [7, 11) is 0. The number of rotatable bonds is 4. The van der Waals surface area contributed by atoms with Gasteiger partial charge in [-0.1, -0.05) is 39.0 Å². The molecule has 0 bridgehead atoms. The SMILES string of the molecule is CCOC(=O)C1(NC2CCCCC2)CCCCC1C. The van der Waals surface area contributed by atoms with Gasteiger partial charge in [0.2, 0.25) is 0 Å². The van der Waals surface area contributed by atoms with Crippen LogP contribution in [0, 0.1) is 5.92 Å². The summed E-state index contributed by atoms with van der Waals surface area (Å²) in [6.07, 6.45) is 10.8. The first-order chi connectivity index (χ1) is 9.19. The van der Waals surface area contributed by atoms with Crippen LogP contribution in [0.4, 0.5) is 0 Å². The highest BCUT2D eigenvalue weighted by molar-refractivity contribution is 5.81. The highest BCUT2D eigenvalue weighted by Gasteiger charge is 2.47. The molecule has 19 heavy (non-hydrogen) atoms. The molecule has 0 aliphatic heterocycles. The fraction of sp³-hybridized carbons (Fsp3) is 0.938. The van der Waals surface area contributed by atoms with Crippen LogP contribution in [0.3, 0.4) is 0 Å². The van der Waals surface area contributed by atoms with Crippen molar-refractivity contribution in [2.75, 3.05) is 6.61 Å². The van der Waals surface area contributed by atoms with Crippen LogP contribution in [0.15, 0.2) is 0 Å². The molecule has 2 aliphatic rings. The van der Waals surface area contributed by atoms with Crippen molar-refractivity contribution >= 4 is 5.97 Å². The molecule has 0 heterocycles. The van der Waals surface area contributed by atoms with Gasteiger partial charge in [-0.3, -0.25) is 10.1 Å². The van der Waals surface area contributed by atoms with Crippen molar-refractivity contribution in [3.8, 4) is 0 Å². The predicted octanol–water partition coefficient (Wildman–Crippen LogP) is 3.42. The van der Waals surface area contributed by atoms with E-state index in [-0.39, 0.29) is 5.97 Å². The Kier molecular flexibility index (Phi) is 5.26. The van der Waals surface area contributed by atoms with Crippen molar-refractivity contribution in [3.05, 3.63) is 0 Å². The topological polar surface area (TPSA) is 38.3 Å². The van der Waals surface area contributed by atoms with E-state index in [4.69, 9.17) is 4.74 Å². The third-order valence-corrected chi connectivity index (χ3v) is 5.01. The number of nitrogens with one attached hydrogen (secondary N) is 1. The van der Waals surface area contributed by atoms with Gasteiger partial charge < -0.3 is 4.74 Å². The lowest BCUT2D eigenvalue weighted by Gasteiger charge is -2.44. The Balaban J connectivity index is 2.10. The number of ether oxygens (including phenoxy) is 1. The smallest absolute Gasteiger partial charge is 0.326 e. The lowest BCUT2D eigenvalue weighted by atomic mass is 9.72. The Morgan fingerprint density at radius 3 is 2.47 bits per heavy atom. The zero-order valence-electron chi connectivity index (χ0n) is 12.5. The molecule has 0 saturated heterocycles. The highest BCUT2D eigenvalue weighted by Crippen LogP contribution is 2.36. The molecule has 0 radical (unpaired) electrons. The number of hydrogen-bond donors (Lipinski definition) is 1. The molecule has 1 N–H and O–H groups in total. The van der Waals surface area contributed by atoms with E-state index in [1.54, 1.807) is 0 Å². The molecule has 3 heteroatoms. The average Bonchev–Trinajstić information content (AvgIpc) is 2.43. The Bertz CT molecular complexity index is 299. The molecule has 2 fully saturated rings. The first-order valence-corrected chi connectivity index (χ1v) is 8.14. The Labute approximate surface area is 117 Å². The summed E-state index contributed by atoms with van der Waals surface area (Å²) >= 11 is 0. The summed E-state index contributed by atoms with van der Waals surface area (Å²) in [5.74, 6) is 0.384. The second-order valence-electron chi connectivity index (χ2n) is 6.32. The second kappa shape index (κ2) is 6.74. The van der Waals surface area contributed by atoms with Gasteiger partial charge in [-0.2, -0.15) is 0 Å². The molecule has 2 aliphatic carbocycles. The van der Waals surface area contributed by atoms with Crippen molar-refractivity contribution in [3.63, 3.8) is 0 Å². The number of carbonyl (C=O) groups is 1. The van der Waals surface area contributed by atoms with E-state index < -0.39 is 5.54 Å². The minimum atomic E-state index is -0.406. The first-order valence-electron chi connectivity index (χ1n) is 8.14. The van der Waals surface area contributed by atoms with Gasteiger partial charge in [0.05, 0.1) is 6.61 Å². The van der Waals surface area contributed by atoms with E-state index in [9.17, 15) is 4.79 Å². The lowest BCUT2D eigenvalue weighted by molar-refractivity contribution is -0.156. The van der Waals surface area contributed by atoms with Crippen LogP contribution in [-0.4, -0.2) is 24.2 Å². The number of hydrogen-bond acceptors (Lipinski definition) is 3. The monoisotopic (exact) mass is 267 g/mol. The lowest BCUT2D eigenvalue weighted by Crippen LogP contribution is -2.61. The zero-order chi connectivity index (χ0) is 13.7. The molecule has 0 amide bonds. The maximum atomic E-state index is 12.5. The molecule has 110 valence electrons. The van der Waals surface area contributed by atoms with Gasteiger partial charge in [0, 0.05) is 6.04 Å². The maximum Gasteiger partial charge on any atom is 0.326 e. The molecule has 3 nitrogen and oxygen atoms in total. The van der Waals surface area contributed by atoms with Crippen LogP contribution in [0.1, 0.15) is 71.6 Å². The Hall–Kier alpha value is -0.570. The van der Waals surface area contributed by atoms with E-state index in [0.29, 0.717) is 18.6 Å². The summed E-state index contributed by atoms with van der Waals surface area (Å²) in [5.41, 5.74) is -0.406. The molecule has 2 unspecified atom stereocenters. The van der Waals surface area contributed by atoms with Crippen LogP contribution >= 0.6 is 0 Å². The summed E-state index contributed by atoms with van der Waals surface area (Å²) in [6.45, 7) is 4.60. The standard InChI is InChI=1S/C16H29NO2/c1-3-19-15(18)16(12-8-7-9-13(16)2)17-14-10-5-4-6-11-14/h13-14,17H,3-12H2,1-2H3. The molecule has 0 aromatic heterocycles. The molecule has 0 aromatic rings. The van der Waals surface area contributed by atoms with Crippen molar-refractivity contribution in [1.29, 1.82) is 0 Å². The summed E-state index contributed by atoms with van der Waals surface area (Å²) in [5, 5.41) is 3.73. The molecule has 0 spiro atoms. The molecular formula is C16H29NO2. The third kappa shape index (κ3) is 3.31. The van der Waals surface area contributed by atoms with Gasteiger partial charge in [0.25, 0.3) is 0 Å². The normalized spacial score (nSPS) is 33.1. The quantitative estimate of drug-likeness (QED) is 0.793. The molecule has 2 rings (SSSR count). The van der Waals surface area contributed by atoms with Gasteiger partial charge in [-0.25, -0.2) is 0 Å². The van der Waals surface area contributed by atoms with Crippen molar-refractivity contribution in [2.45, 2.75) is 83.2 Å². The van der Waals surface area contributed by atoms with Crippen LogP contribution in [-0.2, 0) is 9.53 Å². The summed E-state index contributed by atoms with van der Waals surface area (Å²) in [4.78, 5) is 12.5. The van der Waals surface area contributed by atoms with Crippen molar-refractivity contribution < 1.29 is 9.53 Å². The van der Waals surface area contributed by atoms with Gasteiger partial charge in [-0.15, -0.1) is 0 Å². The predicted molar refractivity (Wildman–Crippen MR) is 77.0 cm³/mol. The Morgan fingerprint density at radius 1 is 1.16 bits per heavy atom. The molecule has 2 saturated carbocycles.